The molecule has 1 saturated heterocycles. The average molecular weight is 267 g/mol. The van der Waals surface area contributed by atoms with Crippen molar-refractivity contribution in [2.24, 2.45) is 0 Å². The molecule has 0 amide bonds. The van der Waals surface area contributed by atoms with E-state index in [9.17, 15) is 14.5 Å². The molecule has 0 saturated carbocycles. The number of halogens is 1. The lowest BCUT2D eigenvalue weighted by atomic mass is 10.2. The molecule has 0 spiro atoms. The maximum Gasteiger partial charge on any atom is 0.269 e. The van der Waals surface area contributed by atoms with Crippen molar-refractivity contribution in [2.75, 3.05) is 38.3 Å². The van der Waals surface area contributed by atoms with Crippen molar-refractivity contribution < 1.29 is 9.31 Å². The van der Waals surface area contributed by atoms with Gasteiger partial charge >= 0.3 is 0 Å². The molecule has 1 atom stereocenters. The normalized spacial score (nSPS) is 19.6. The minimum Gasteiger partial charge on any atom is -0.370 e. The van der Waals surface area contributed by atoms with Crippen LogP contribution in [0.25, 0.3) is 0 Å². The van der Waals surface area contributed by atoms with E-state index in [0.29, 0.717) is 12.6 Å². The number of nitro groups is 1. The second kappa shape index (κ2) is 5.97. The van der Waals surface area contributed by atoms with Crippen LogP contribution in [-0.4, -0.2) is 49.2 Å². The lowest BCUT2D eigenvalue weighted by Gasteiger charge is -2.26. The van der Waals surface area contributed by atoms with Crippen molar-refractivity contribution in [3.63, 3.8) is 0 Å². The predicted molar refractivity (Wildman–Crippen MR) is 72.3 cm³/mol. The summed E-state index contributed by atoms with van der Waals surface area (Å²) < 4.78 is 12.3. The number of nitrogens with zero attached hydrogens (tertiary/aromatic N) is 3. The molecule has 1 unspecified atom stereocenters. The Labute approximate surface area is 111 Å². The summed E-state index contributed by atoms with van der Waals surface area (Å²) in [6.07, 6.45) is 0.994. The Morgan fingerprint density at radius 1 is 1.47 bits per heavy atom. The summed E-state index contributed by atoms with van der Waals surface area (Å²) >= 11 is 0. The Balaban J connectivity index is 2.00. The summed E-state index contributed by atoms with van der Waals surface area (Å²) in [5.74, 6) is 0. The second-order valence-corrected chi connectivity index (χ2v) is 4.82. The zero-order chi connectivity index (χ0) is 13.8. The molecule has 1 fully saturated rings. The van der Waals surface area contributed by atoms with Crippen LogP contribution in [0.1, 0.15) is 6.42 Å². The van der Waals surface area contributed by atoms with Gasteiger partial charge in [0.25, 0.3) is 5.69 Å². The molecule has 0 aromatic heterocycles. The van der Waals surface area contributed by atoms with Gasteiger partial charge in [-0.2, -0.15) is 0 Å². The molecular weight excluding hydrogens is 249 g/mol. The van der Waals surface area contributed by atoms with E-state index in [0.717, 1.165) is 25.2 Å². The van der Waals surface area contributed by atoms with Gasteiger partial charge < -0.3 is 4.90 Å². The lowest BCUT2D eigenvalue weighted by Crippen LogP contribution is -2.35. The van der Waals surface area contributed by atoms with E-state index in [-0.39, 0.29) is 12.4 Å². The van der Waals surface area contributed by atoms with Crippen LogP contribution in [0.2, 0.25) is 0 Å². The number of rotatable bonds is 5. The molecule has 1 aliphatic rings. The molecule has 1 aliphatic heterocycles. The fraction of sp³-hybridized carbons (Fsp3) is 0.538. The van der Waals surface area contributed by atoms with Crippen molar-refractivity contribution in [2.45, 2.75) is 12.5 Å². The molecular formula is C13H18FN3O2. The van der Waals surface area contributed by atoms with Crippen LogP contribution in [0, 0.1) is 10.1 Å². The number of nitro benzene ring substituents is 1. The third kappa shape index (κ3) is 3.20. The highest BCUT2D eigenvalue weighted by atomic mass is 19.1. The van der Waals surface area contributed by atoms with E-state index in [1.165, 1.54) is 12.1 Å². The summed E-state index contributed by atoms with van der Waals surface area (Å²) in [6.45, 7) is 1.93. The first kappa shape index (κ1) is 13.7. The first-order chi connectivity index (χ1) is 9.11. The van der Waals surface area contributed by atoms with Crippen LogP contribution in [0.15, 0.2) is 24.3 Å². The number of hydrogen-bond acceptors (Lipinski definition) is 4. The molecule has 2 rings (SSSR count). The summed E-state index contributed by atoms with van der Waals surface area (Å²) in [4.78, 5) is 14.4. The standard InChI is InChI=1S/C13H18FN3O2/c1-15(13-6-8-16(10-13)9-7-14)11-2-4-12(5-3-11)17(18)19/h2-5,13H,6-10H2,1H3. The zero-order valence-electron chi connectivity index (χ0n) is 11.0. The maximum atomic E-state index is 12.3. The van der Waals surface area contributed by atoms with Gasteiger partial charge in [-0.25, -0.2) is 4.39 Å². The fourth-order valence-corrected chi connectivity index (χ4v) is 2.47. The van der Waals surface area contributed by atoms with Crippen LogP contribution >= 0.6 is 0 Å². The topological polar surface area (TPSA) is 49.6 Å². The predicted octanol–water partition coefficient (Wildman–Crippen LogP) is 2.07. The Morgan fingerprint density at radius 3 is 2.74 bits per heavy atom. The number of likely N-dealkylation sites (N-methyl/N-ethyl adjacent to an activating group) is 1. The summed E-state index contributed by atoms with van der Waals surface area (Å²) in [5.41, 5.74) is 1.06. The van der Waals surface area contributed by atoms with Crippen LogP contribution < -0.4 is 4.90 Å². The number of benzene rings is 1. The largest absolute Gasteiger partial charge is 0.370 e. The van der Waals surface area contributed by atoms with E-state index in [1.54, 1.807) is 12.1 Å². The molecule has 0 radical (unpaired) electrons. The monoisotopic (exact) mass is 267 g/mol. The van der Waals surface area contributed by atoms with E-state index >= 15 is 0 Å². The molecule has 6 heteroatoms. The van der Waals surface area contributed by atoms with Gasteiger partial charge in [-0.1, -0.05) is 0 Å². The molecule has 1 aromatic rings. The first-order valence-electron chi connectivity index (χ1n) is 6.37. The Hall–Kier alpha value is -1.69. The quantitative estimate of drug-likeness (QED) is 0.605. The van der Waals surface area contributed by atoms with Crippen LogP contribution in [0.5, 0.6) is 0 Å². The van der Waals surface area contributed by atoms with Gasteiger partial charge in [0, 0.05) is 50.5 Å². The molecule has 104 valence electrons. The fourth-order valence-electron chi connectivity index (χ4n) is 2.47. The van der Waals surface area contributed by atoms with Crippen LogP contribution in [0.3, 0.4) is 0 Å². The van der Waals surface area contributed by atoms with Crippen molar-refractivity contribution >= 4 is 11.4 Å². The highest BCUT2D eigenvalue weighted by Crippen LogP contribution is 2.23. The number of hydrogen-bond donors (Lipinski definition) is 0. The van der Waals surface area contributed by atoms with Gasteiger partial charge in [-0.3, -0.25) is 15.0 Å². The van der Waals surface area contributed by atoms with E-state index in [4.69, 9.17) is 0 Å². The van der Waals surface area contributed by atoms with E-state index in [1.807, 2.05) is 7.05 Å². The van der Waals surface area contributed by atoms with Crippen LogP contribution in [-0.2, 0) is 0 Å². The van der Waals surface area contributed by atoms with Gasteiger partial charge in [0.05, 0.1) is 4.92 Å². The molecule has 0 bridgehead atoms. The van der Waals surface area contributed by atoms with Crippen molar-refractivity contribution in [3.8, 4) is 0 Å². The number of likely N-dealkylation sites (tertiary alicyclic amines) is 1. The molecule has 19 heavy (non-hydrogen) atoms. The second-order valence-electron chi connectivity index (χ2n) is 4.82. The molecule has 1 heterocycles. The average Bonchev–Trinajstić information content (AvgIpc) is 2.87. The van der Waals surface area contributed by atoms with Gasteiger partial charge in [0.2, 0.25) is 0 Å². The third-order valence-electron chi connectivity index (χ3n) is 3.66. The highest BCUT2D eigenvalue weighted by molar-refractivity contribution is 5.51. The summed E-state index contributed by atoms with van der Waals surface area (Å²) in [7, 11) is 1.98. The highest BCUT2D eigenvalue weighted by Gasteiger charge is 2.25. The Bertz CT molecular complexity index is 438. The smallest absolute Gasteiger partial charge is 0.269 e. The van der Waals surface area contributed by atoms with Gasteiger partial charge in [-0.05, 0) is 18.6 Å². The SMILES string of the molecule is CN(c1ccc([N+](=O)[O-])cc1)C1CCN(CCF)C1. The number of non-ortho nitro benzene ring substituents is 1. The third-order valence-corrected chi connectivity index (χ3v) is 3.66. The van der Waals surface area contributed by atoms with Crippen molar-refractivity contribution in [3.05, 3.63) is 34.4 Å². The van der Waals surface area contributed by atoms with Crippen molar-refractivity contribution in [1.29, 1.82) is 0 Å². The molecule has 0 aliphatic carbocycles. The Morgan fingerprint density at radius 2 is 2.16 bits per heavy atom. The summed E-state index contributed by atoms with van der Waals surface area (Å²) in [5, 5.41) is 10.6. The van der Waals surface area contributed by atoms with E-state index in [2.05, 4.69) is 9.80 Å². The maximum absolute atomic E-state index is 12.3. The van der Waals surface area contributed by atoms with Gasteiger partial charge in [0.15, 0.2) is 0 Å². The minimum absolute atomic E-state index is 0.0997. The van der Waals surface area contributed by atoms with E-state index < -0.39 is 4.92 Å². The van der Waals surface area contributed by atoms with Gasteiger partial charge in [0.1, 0.15) is 6.67 Å². The first-order valence-corrected chi connectivity index (χ1v) is 6.37. The van der Waals surface area contributed by atoms with Crippen LogP contribution in [0.4, 0.5) is 15.8 Å². The van der Waals surface area contributed by atoms with Gasteiger partial charge in [-0.15, -0.1) is 0 Å². The number of alkyl halides is 1. The van der Waals surface area contributed by atoms with Crippen molar-refractivity contribution in [1.82, 2.24) is 4.90 Å². The summed E-state index contributed by atoms with van der Waals surface area (Å²) in [6, 6.07) is 6.89. The number of anilines is 1. The Kier molecular flexibility index (Phi) is 4.31. The zero-order valence-corrected chi connectivity index (χ0v) is 11.0. The molecule has 1 aromatic carbocycles. The minimum atomic E-state index is -0.400. The lowest BCUT2D eigenvalue weighted by molar-refractivity contribution is -0.384. The molecule has 0 N–H and O–H groups in total. The molecule has 5 nitrogen and oxygen atoms in total.